The van der Waals surface area contributed by atoms with Crippen molar-refractivity contribution in [1.82, 2.24) is 40.0 Å². The van der Waals surface area contributed by atoms with Crippen LogP contribution in [-0.2, 0) is 60.7 Å². The standard InChI is InChI=1S/C62H94N10O11/c1-14-42(4)55(68(11)59(79)54(41(2)3)66-60(67(9)10)69-34-36-70(37-35-69)61(80)83-62(6,7)8)49(81-12)39-53(76)71-33-21-24-48(71)56(82-13)43(5)57(77)65-47(38-44-22-17-15-18-23-44)58(78)64-46-28-26-45(27-29-46)40-63-50(73)25-19-16-20-32-72-51(74)30-31-52(72)75/h15,17-18,22-23,26-31,41-43,47-49,54-56H,14,16,19-21,24-25,32-40H2,1-13H3,(H,63,73)(H,64,78)(H,65,77)/t42-,43+,47-,48-,49-,54-,55-,56+/m0/s1. The number of piperazine rings is 1. The van der Waals surface area contributed by atoms with E-state index in [2.05, 4.69) is 27.8 Å². The second kappa shape index (κ2) is 31.7. The van der Waals surface area contributed by atoms with E-state index in [0.29, 0.717) is 95.9 Å². The molecule has 0 aromatic heterocycles. The molecule has 8 amide bonds. The van der Waals surface area contributed by atoms with Crippen molar-refractivity contribution >= 4 is 59.1 Å². The predicted octanol–water partition coefficient (Wildman–Crippen LogP) is 5.87. The maximum absolute atomic E-state index is 14.8. The first-order chi connectivity index (χ1) is 39.4. The van der Waals surface area contributed by atoms with Gasteiger partial charge in [0.1, 0.15) is 17.7 Å². The Hall–Kier alpha value is -6.87. The largest absolute Gasteiger partial charge is 0.444 e. The van der Waals surface area contributed by atoms with Crippen molar-refractivity contribution in [2.24, 2.45) is 22.7 Å². The zero-order valence-electron chi connectivity index (χ0n) is 51.5. The van der Waals surface area contributed by atoms with Gasteiger partial charge in [0.15, 0.2) is 5.96 Å². The van der Waals surface area contributed by atoms with Gasteiger partial charge < -0.3 is 54.7 Å². The monoisotopic (exact) mass is 1150 g/mol. The second-order valence-corrected chi connectivity index (χ2v) is 23.7. The van der Waals surface area contributed by atoms with E-state index in [-0.39, 0.29) is 66.9 Å². The summed E-state index contributed by atoms with van der Waals surface area (Å²) in [5, 5.41) is 8.88. The number of likely N-dealkylation sites (tertiary alicyclic amines) is 1. The number of likely N-dealkylation sites (N-methyl/N-ethyl adjacent to an activating group) is 1. The first-order valence-electron chi connectivity index (χ1n) is 29.5. The Morgan fingerprint density at radius 2 is 1.42 bits per heavy atom. The molecule has 3 N–H and O–H groups in total. The van der Waals surface area contributed by atoms with Crippen LogP contribution in [0.1, 0.15) is 118 Å². The number of rotatable bonds is 27. The fourth-order valence-corrected chi connectivity index (χ4v) is 11.0. The number of benzene rings is 2. The van der Waals surface area contributed by atoms with E-state index < -0.39 is 59.7 Å². The lowest BCUT2D eigenvalue weighted by molar-refractivity contribution is -0.146. The Morgan fingerprint density at radius 3 is 2.00 bits per heavy atom. The molecule has 3 aliphatic heterocycles. The topological polar surface area (TPSA) is 232 Å². The first-order valence-corrected chi connectivity index (χ1v) is 29.5. The van der Waals surface area contributed by atoms with Crippen LogP contribution < -0.4 is 16.0 Å². The van der Waals surface area contributed by atoms with Crippen LogP contribution in [0.4, 0.5) is 10.5 Å². The number of carbonyl (C=O) groups is 8. The Kier molecular flexibility index (Phi) is 25.6. The molecule has 5 rings (SSSR count). The number of aliphatic imine (C=N–C) groups is 1. The zero-order valence-corrected chi connectivity index (χ0v) is 51.5. The minimum absolute atomic E-state index is 0.0270. The molecule has 21 heteroatoms. The molecule has 8 atom stereocenters. The predicted molar refractivity (Wildman–Crippen MR) is 319 cm³/mol. The van der Waals surface area contributed by atoms with Gasteiger partial charge >= 0.3 is 6.09 Å². The minimum Gasteiger partial charge on any atom is -0.444 e. The number of imide groups is 1. The Balaban J connectivity index is 1.21. The quantitative estimate of drug-likeness (QED) is 0.0412. The van der Waals surface area contributed by atoms with E-state index in [9.17, 15) is 38.4 Å². The van der Waals surface area contributed by atoms with E-state index >= 15 is 0 Å². The highest BCUT2D eigenvalue weighted by Crippen LogP contribution is 2.30. The van der Waals surface area contributed by atoms with Crippen LogP contribution in [0.2, 0.25) is 0 Å². The SMILES string of the molecule is CC[C@H](C)[C@@H]([C@H](CC(=O)N1CCC[C@H]1[C@H](OC)[C@@H](C)C(=O)N[C@@H](Cc1ccccc1)C(=O)Nc1ccc(CNC(=O)CCCCCN2C(=O)C=CC2=O)cc1)OC)N(C)C(=O)[C@@H](N=C(N(C)C)N1CCN(C(=O)OC(C)(C)C)CC1)C(C)C. The molecule has 0 spiro atoms. The lowest BCUT2D eigenvalue weighted by atomic mass is 9.89. The molecule has 0 saturated carbocycles. The van der Waals surface area contributed by atoms with Gasteiger partial charge in [-0.05, 0) is 81.5 Å². The summed E-state index contributed by atoms with van der Waals surface area (Å²) in [6.45, 7) is 18.3. The maximum Gasteiger partial charge on any atom is 0.410 e. The Labute approximate surface area is 492 Å². The summed E-state index contributed by atoms with van der Waals surface area (Å²) < 4.78 is 17.9. The van der Waals surface area contributed by atoms with Gasteiger partial charge in [-0.15, -0.1) is 0 Å². The van der Waals surface area contributed by atoms with Gasteiger partial charge in [0.05, 0.1) is 36.6 Å². The zero-order chi connectivity index (χ0) is 61.1. The molecule has 21 nitrogen and oxygen atoms in total. The lowest BCUT2D eigenvalue weighted by Gasteiger charge is -2.41. The Bertz CT molecular complexity index is 2540. The number of hydrogen-bond donors (Lipinski definition) is 3. The molecule has 2 aromatic rings. The van der Waals surface area contributed by atoms with Crippen LogP contribution in [0, 0.1) is 17.8 Å². The first kappa shape index (κ1) is 66.9. The molecule has 2 aromatic carbocycles. The van der Waals surface area contributed by atoms with Crippen LogP contribution >= 0.6 is 0 Å². The smallest absolute Gasteiger partial charge is 0.410 e. The number of methoxy groups -OCH3 is 2. The van der Waals surface area contributed by atoms with Crippen molar-refractivity contribution in [2.45, 2.75) is 162 Å². The molecular weight excluding hydrogens is 1060 g/mol. The highest BCUT2D eigenvalue weighted by molar-refractivity contribution is 6.12. The number of ether oxygens (including phenoxy) is 3. The van der Waals surface area contributed by atoms with Crippen LogP contribution in [-0.4, -0.2) is 199 Å². The number of nitrogens with one attached hydrogen (secondary N) is 3. The molecule has 3 aliphatic rings. The summed E-state index contributed by atoms with van der Waals surface area (Å²) in [6.07, 6.45) is 5.13. The highest BCUT2D eigenvalue weighted by Gasteiger charge is 2.43. The van der Waals surface area contributed by atoms with Crippen molar-refractivity contribution in [3.8, 4) is 0 Å². The van der Waals surface area contributed by atoms with Gasteiger partial charge in [-0.3, -0.25) is 38.5 Å². The average molecular weight is 1160 g/mol. The van der Waals surface area contributed by atoms with Crippen LogP contribution in [0.3, 0.4) is 0 Å². The fraction of sp³-hybridized carbons (Fsp3) is 0.629. The van der Waals surface area contributed by atoms with Gasteiger partial charge in [-0.25, -0.2) is 9.79 Å². The van der Waals surface area contributed by atoms with Crippen LogP contribution in [0.15, 0.2) is 71.7 Å². The van der Waals surface area contributed by atoms with Gasteiger partial charge in [-0.1, -0.05) is 89.9 Å². The van der Waals surface area contributed by atoms with Crippen molar-refractivity contribution < 1.29 is 52.6 Å². The second-order valence-electron chi connectivity index (χ2n) is 23.7. The third-order valence-corrected chi connectivity index (χ3v) is 15.8. The Morgan fingerprint density at radius 1 is 0.783 bits per heavy atom. The van der Waals surface area contributed by atoms with Gasteiger partial charge in [-0.2, -0.15) is 0 Å². The van der Waals surface area contributed by atoms with Gasteiger partial charge in [0, 0.05) is 112 Å². The molecule has 2 fully saturated rings. The lowest BCUT2D eigenvalue weighted by Crippen LogP contribution is -2.56. The van der Waals surface area contributed by atoms with Crippen molar-refractivity contribution in [3.05, 3.63) is 77.9 Å². The van der Waals surface area contributed by atoms with E-state index in [1.165, 1.54) is 24.2 Å². The number of anilines is 1. The summed E-state index contributed by atoms with van der Waals surface area (Å²) in [5.41, 5.74) is 1.55. The molecule has 0 radical (unpaired) electrons. The number of amides is 8. The van der Waals surface area contributed by atoms with Gasteiger partial charge in [0.25, 0.3) is 11.8 Å². The summed E-state index contributed by atoms with van der Waals surface area (Å²) in [4.78, 5) is 122. The third kappa shape index (κ3) is 19.3. The number of nitrogens with zero attached hydrogens (tertiary/aromatic N) is 7. The molecule has 0 aliphatic carbocycles. The summed E-state index contributed by atoms with van der Waals surface area (Å²) in [7, 11) is 8.64. The van der Waals surface area contributed by atoms with Crippen molar-refractivity contribution in [1.29, 1.82) is 0 Å². The number of unbranched alkanes of at least 4 members (excludes halogenated alkanes) is 2. The van der Waals surface area contributed by atoms with E-state index in [1.807, 2.05) is 90.9 Å². The molecule has 0 unspecified atom stereocenters. The van der Waals surface area contributed by atoms with Crippen LogP contribution in [0.5, 0.6) is 0 Å². The summed E-state index contributed by atoms with van der Waals surface area (Å²) in [6, 6.07) is 13.8. The molecular formula is C62H94N10O11. The maximum atomic E-state index is 14.8. The van der Waals surface area contributed by atoms with E-state index in [4.69, 9.17) is 19.2 Å². The molecule has 2 saturated heterocycles. The van der Waals surface area contributed by atoms with E-state index in [1.54, 1.807) is 60.0 Å². The third-order valence-electron chi connectivity index (χ3n) is 15.8. The van der Waals surface area contributed by atoms with Gasteiger partial charge in [0.2, 0.25) is 29.5 Å². The normalized spacial score (nSPS) is 18.3. The highest BCUT2D eigenvalue weighted by atomic mass is 16.6. The van der Waals surface area contributed by atoms with E-state index in [0.717, 1.165) is 11.1 Å². The molecule has 458 valence electrons. The molecule has 83 heavy (non-hydrogen) atoms. The summed E-state index contributed by atoms with van der Waals surface area (Å²) >= 11 is 0. The summed E-state index contributed by atoms with van der Waals surface area (Å²) in [5.74, 6) is -2.38. The molecule has 3 heterocycles. The van der Waals surface area contributed by atoms with Crippen LogP contribution in [0.25, 0.3) is 0 Å². The number of carbonyl (C=O) groups excluding carboxylic acids is 8. The van der Waals surface area contributed by atoms with Crippen molar-refractivity contribution in [3.63, 3.8) is 0 Å². The molecule has 0 bridgehead atoms. The average Bonchev–Trinajstić information content (AvgIpc) is 4.27. The number of guanidine groups is 1. The fourth-order valence-electron chi connectivity index (χ4n) is 11.0. The number of hydrogen-bond acceptors (Lipinski definition) is 12. The minimum atomic E-state index is -0.977. The van der Waals surface area contributed by atoms with Crippen molar-refractivity contribution in [2.75, 3.05) is 79.9 Å².